The van der Waals surface area contributed by atoms with E-state index < -0.39 is 0 Å². The van der Waals surface area contributed by atoms with E-state index in [1.165, 1.54) is 13.2 Å². The Morgan fingerprint density at radius 2 is 2.15 bits per heavy atom. The Labute approximate surface area is 105 Å². The number of ether oxygens (including phenoxy) is 1. The topological polar surface area (TPSA) is 65.3 Å². The Bertz CT molecular complexity index is 137. The van der Waals surface area contributed by atoms with Gasteiger partial charge in [-0.05, 0) is 6.54 Å². The first-order valence-electron chi connectivity index (χ1n) is 3.42. The van der Waals surface area contributed by atoms with Crippen LogP contribution in [0.1, 0.15) is 0 Å². The van der Waals surface area contributed by atoms with Crippen molar-refractivity contribution in [3.63, 3.8) is 0 Å². The van der Waals surface area contributed by atoms with Crippen LogP contribution in [-0.2, 0) is 37.4 Å². The third-order valence-electron chi connectivity index (χ3n) is 0.921. The van der Waals surface area contributed by atoms with E-state index in [1.54, 1.807) is 0 Å². The van der Waals surface area contributed by atoms with Crippen molar-refractivity contribution in [2.45, 2.75) is 0 Å². The monoisotopic (exact) mass is 260 g/mol. The molecule has 0 spiro atoms. The van der Waals surface area contributed by atoms with Gasteiger partial charge in [0.1, 0.15) is 0 Å². The number of hydrogen-bond acceptors (Lipinski definition) is 3. The van der Waals surface area contributed by atoms with Gasteiger partial charge in [0, 0.05) is 38.8 Å². The molecule has 3 N–H and O–H groups in total. The summed E-state index contributed by atoms with van der Waals surface area (Å²) < 4.78 is 4.80. The van der Waals surface area contributed by atoms with Gasteiger partial charge in [-0.15, -0.1) is 19.4 Å². The second-order valence-electron chi connectivity index (χ2n) is 1.63. The van der Waals surface area contributed by atoms with Gasteiger partial charge in [-0.2, -0.15) is 0 Å². The smallest absolute Gasteiger partial charge is 0.184 e. The van der Waals surface area contributed by atoms with Crippen LogP contribution in [0.25, 0.3) is 5.73 Å². The van der Waals surface area contributed by atoms with E-state index in [2.05, 4.69) is 18.2 Å². The average molecular weight is 260 g/mol. The Morgan fingerprint density at radius 1 is 1.62 bits per heavy atom. The Kier molecular flexibility index (Phi) is 25.6. The predicted molar refractivity (Wildman–Crippen MR) is 49.3 cm³/mol. The largest absolute Gasteiger partial charge is 0.676 e. The molecule has 5 heteroatoms. The number of aliphatic hydroxyl groups is 1. The predicted octanol–water partition coefficient (Wildman–Crippen LogP) is 0.355. The third-order valence-corrected chi connectivity index (χ3v) is 0.921. The van der Waals surface area contributed by atoms with Crippen molar-refractivity contribution < 1.29 is 42.6 Å². The first kappa shape index (κ1) is 18.7. The minimum atomic E-state index is -0.0474. The maximum absolute atomic E-state index is 8.42. The number of nitrogens with one attached hydrogen (secondary N) is 2. The molecule has 73 valence electrons. The molecule has 13 heavy (non-hydrogen) atoms. The molecule has 0 fully saturated rings. The fourth-order valence-electron chi connectivity index (χ4n) is 0.496. The minimum absolute atomic E-state index is 0. The number of aliphatic hydroxyl groups excluding tert-OH is 1. The third kappa shape index (κ3) is 14.7. The molecule has 0 atom stereocenters. The van der Waals surface area contributed by atoms with E-state index in [0.29, 0.717) is 19.0 Å². The molecule has 0 aliphatic rings. The Hall–Kier alpha value is -0.0761. The summed E-state index contributed by atoms with van der Waals surface area (Å²) in [5, 5.41) is 11.2. The molecule has 0 aromatic heterocycles. The average Bonchev–Trinajstić information content (AvgIpc) is 2.15. The van der Waals surface area contributed by atoms with Gasteiger partial charge in [0.25, 0.3) is 0 Å². The normalized spacial score (nSPS) is 8.85. The van der Waals surface area contributed by atoms with Crippen molar-refractivity contribution in [2.24, 2.45) is 0 Å². The molecule has 4 nitrogen and oxygen atoms in total. The van der Waals surface area contributed by atoms with Crippen LogP contribution in [-0.4, -0.2) is 31.9 Å². The number of rotatable bonds is 5. The first-order valence-corrected chi connectivity index (χ1v) is 3.42. The van der Waals surface area contributed by atoms with Gasteiger partial charge in [0.2, 0.25) is 0 Å². The fourth-order valence-corrected chi connectivity index (χ4v) is 0.496. The maximum Gasteiger partial charge on any atom is 0.184 e. The van der Waals surface area contributed by atoms with Crippen LogP contribution in [0.3, 0.4) is 0 Å². The maximum atomic E-state index is 8.42. The fraction of sp³-hybridized carbons (Fsp3) is 0.500. The van der Waals surface area contributed by atoms with Gasteiger partial charge >= 0.3 is 0 Å². The van der Waals surface area contributed by atoms with Gasteiger partial charge in [0.05, 0.1) is 13.7 Å². The molecular weight excluding hydrogens is 245 g/mol. The molecule has 0 bridgehead atoms. The van der Waals surface area contributed by atoms with Crippen LogP contribution < -0.4 is 5.32 Å². The Balaban J connectivity index is -0.000000309. The second kappa shape index (κ2) is 17.9. The van der Waals surface area contributed by atoms with Crippen LogP contribution in [0.2, 0.25) is 0 Å². The molecule has 0 aromatic carbocycles. The van der Waals surface area contributed by atoms with E-state index in [1.807, 2.05) is 0 Å². The zero-order valence-corrected chi connectivity index (χ0v) is 10.6. The SMILES string of the molecule is C#C.CO/C(=C\CO)NCC[NH-].[Y]. The van der Waals surface area contributed by atoms with Crippen molar-refractivity contribution in [1.82, 2.24) is 5.32 Å². The molecule has 0 aliphatic carbocycles. The van der Waals surface area contributed by atoms with E-state index in [-0.39, 0.29) is 39.3 Å². The van der Waals surface area contributed by atoms with Crippen LogP contribution in [0.15, 0.2) is 12.0 Å². The van der Waals surface area contributed by atoms with Crippen molar-refractivity contribution >= 4 is 0 Å². The zero-order chi connectivity index (χ0) is 9.82. The standard InChI is InChI=1S/C6H13N2O2.C2H2.Y/c1-10-6(2-5-9)8-4-3-7;1-2;/h2,7-9H,3-5H2,1H3;1-2H;/q-1;;/b6-2-;;. The summed E-state index contributed by atoms with van der Waals surface area (Å²) in [6.07, 6.45) is 9.51. The van der Waals surface area contributed by atoms with E-state index >= 15 is 0 Å². The van der Waals surface area contributed by atoms with E-state index in [0.717, 1.165) is 0 Å². The van der Waals surface area contributed by atoms with Crippen molar-refractivity contribution in [1.29, 1.82) is 0 Å². The molecule has 1 radical (unpaired) electrons. The van der Waals surface area contributed by atoms with Crippen molar-refractivity contribution in [3.05, 3.63) is 17.7 Å². The van der Waals surface area contributed by atoms with Gasteiger partial charge in [-0.3, -0.25) is 0 Å². The summed E-state index contributed by atoms with van der Waals surface area (Å²) in [7, 11) is 1.51. The van der Waals surface area contributed by atoms with Gasteiger partial charge in [-0.1, -0.05) is 0 Å². The van der Waals surface area contributed by atoms with Crippen LogP contribution in [0, 0.1) is 12.8 Å². The second-order valence-corrected chi connectivity index (χ2v) is 1.63. The van der Waals surface area contributed by atoms with Gasteiger partial charge in [-0.25, -0.2) is 0 Å². The molecule has 0 saturated heterocycles. The zero-order valence-electron chi connectivity index (χ0n) is 7.79. The molecule has 0 aromatic rings. The molecule has 0 unspecified atom stereocenters. The van der Waals surface area contributed by atoms with Crippen LogP contribution in [0.4, 0.5) is 0 Å². The van der Waals surface area contributed by atoms with Gasteiger partial charge in [0.15, 0.2) is 5.88 Å². The summed E-state index contributed by atoms with van der Waals surface area (Å²) in [5.74, 6) is 0.523. The van der Waals surface area contributed by atoms with Crippen molar-refractivity contribution in [2.75, 3.05) is 26.8 Å². The summed E-state index contributed by atoms with van der Waals surface area (Å²) in [5.41, 5.74) is 6.80. The van der Waals surface area contributed by atoms with E-state index in [9.17, 15) is 0 Å². The minimum Gasteiger partial charge on any atom is -0.676 e. The van der Waals surface area contributed by atoms with Crippen molar-refractivity contribution in [3.8, 4) is 12.8 Å². The molecule has 0 saturated carbocycles. The molecule has 0 heterocycles. The number of hydrogen-bond donors (Lipinski definition) is 2. The number of terminal acetylenes is 1. The summed E-state index contributed by atoms with van der Waals surface area (Å²) >= 11 is 0. The summed E-state index contributed by atoms with van der Waals surface area (Å²) in [6.45, 7) is 0.792. The van der Waals surface area contributed by atoms with Crippen LogP contribution >= 0.6 is 0 Å². The number of methoxy groups -OCH3 is 1. The first-order chi connectivity index (χ1) is 5.85. The Morgan fingerprint density at radius 3 is 2.46 bits per heavy atom. The molecular formula is C8H15N2O2Y-. The molecule has 0 aliphatic heterocycles. The molecule has 0 amide bonds. The van der Waals surface area contributed by atoms with Crippen LogP contribution in [0.5, 0.6) is 0 Å². The quantitative estimate of drug-likeness (QED) is 0.554. The summed E-state index contributed by atoms with van der Waals surface area (Å²) in [4.78, 5) is 0. The van der Waals surface area contributed by atoms with Gasteiger partial charge < -0.3 is 20.9 Å². The molecule has 0 rings (SSSR count). The van der Waals surface area contributed by atoms with E-state index in [4.69, 9.17) is 15.6 Å². The summed E-state index contributed by atoms with van der Waals surface area (Å²) in [6, 6.07) is 0.